The molecule has 82 valence electrons. The van der Waals surface area contributed by atoms with Crippen LogP contribution in [0, 0.1) is 12.8 Å². The number of nitrogens with zero attached hydrogens (tertiary/aromatic N) is 2. The standard InChI is InChI=1S/C11H16N2O2/c1-7(2)10(14)6-11(15)9-5-8(3)13(4)12-9/h5,7H,6H2,1-4H3. The first-order valence-electron chi connectivity index (χ1n) is 4.98. The Labute approximate surface area is 89.3 Å². The minimum absolute atomic E-state index is 0.0386. The maximum atomic E-state index is 11.6. The number of aromatic nitrogens is 2. The molecule has 0 atom stereocenters. The molecule has 0 saturated carbocycles. The van der Waals surface area contributed by atoms with Crippen LogP contribution in [-0.2, 0) is 11.8 Å². The van der Waals surface area contributed by atoms with Crippen molar-refractivity contribution in [3.63, 3.8) is 0 Å². The number of hydrogen-bond donors (Lipinski definition) is 0. The third-order valence-corrected chi connectivity index (χ3v) is 2.38. The van der Waals surface area contributed by atoms with Gasteiger partial charge in [-0.25, -0.2) is 0 Å². The monoisotopic (exact) mass is 208 g/mol. The van der Waals surface area contributed by atoms with Crippen LogP contribution in [0.5, 0.6) is 0 Å². The molecule has 1 aromatic rings. The van der Waals surface area contributed by atoms with Crippen molar-refractivity contribution >= 4 is 11.6 Å². The molecule has 1 heterocycles. The van der Waals surface area contributed by atoms with Gasteiger partial charge in [-0.3, -0.25) is 14.3 Å². The summed E-state index contributed by atoms with van der Waals surface area (Å²) in [5.41, 5.74) is 1.29. The third-order valence-electron chi connectivity index (χ3n) is 2.38. The molecule has 0 aliphatic carbocycles. The highest BCUT2D eigenvalue weighted by molar-refractivity contribution is 6.07. The molecule has 0 radical (unpaired) electrons. The first kappa shape index (κ1) is 11.6. The van der Waals surface area contributed by atoms with Crippen LogP contribution in [0.25, 0.3) is 0 Å². The fourth-order valence-corrected chi connectivity index (χ4v) is 1.15. The Morgan fingerprint density at radius 1 is 1.47 bits per heavy atom. The molecule has 0 aliphatic rings. The van der Waals surface area contributed by atoms with Crippen molar-refractivity contribution in [2.45, 2.75) is 27.2 Å². The van der Waals surface area contributed by atoms with Gasteiger partial charge >= 0.3 is 0 Å². The van der Waals surface area contributed by atoms with Gasteiger partial charge in [-0.2, -0.15) is 5.10 Å². The number of rotatable bonds is 4. The van der Waals surface area contributed by atoms with E-state index in [9.17, 15) is 9.59 Å². The maximum Gasteiger partial charge on any atom is 0.190 e. The summed E-state index contributed by atoms with van der Waals surface area (Å²) < 4.78 is 1.63. The van der Waals surface area contributed by atoms with Gasteiger partial charge in [0, 0.05) is 18.7 Å². The van der Waals surface area contributed by atoms with E-state index in [1.165, 1.54) is 0 Å². The zero-order valence-corrected chi connectivity index (χ0v) is 9.57. The lowest BCUT2D eigenvalue weighted by Gasteiger charge is -2.00. The minimum atomic E-state index is -0.197. The molecular formula is C11H16N2O2. The van der Waals surface area contributed by atoms with E-state index in [4.69, 9.17) is 0 Å². The molecule has 0 spiro atoms. The van der Waals surface area contributed by atoms with Gasteiger partial charge in [-0.05, 0) is 13.0 Å². The Balaban J connectivity index is 2.74. The summed E-state index contributed by atoms with van der Waals surface area (Å²) in [5, 5.41) is 4.04. The molecule has 0 aliphatic heterocycles. The quantitative estimate of drug-likeness (QED) is 0.557. The molecule has 0 N–H and O–H groups in total. The fourth-order valence-electron chi connectivity index (χ4n) is 1.15. The molecule has 0 saturated heterocycles. The minimum Gasteiger partial charge on any atom is -0.299 e. The highest BCUT2D eigenvalue weighted by Gasteiger charge is 2.17. The van der Waals surface area contributed by atoms with Crippen LogP contribution in [0.15, 0.2) is 6.07 Å². The van der Waals surface area contributed by atoms with Crippen molar-refractivity contribution in [2.75, 3.05) is 0 Å². The average Bonchev–Trinajstić information content (AvgIpc) is 2.46. The lowest BCUT2D eigenvalue weighted by atomic mass is 10.0. The van der Waals surface area contributed by atoms with Crippen molar-refractivity contribution in [3.8, 4) is 0 Å². The summed E-state index contributed by atoms with van der Waals surface area (Å²) in [7, 11) is 1.77. The third kappa shape index (κ3) is 2.75. The summed E-state index contributed by atoms with van der Waals surface area (Å²) in [5.74, 6) is -0.334. The Hall–Kier alpha value is -1.45. The Morgan fingerprint density at radius 3 is 2.47 bits per heavy atom. The second-order valence-electron chi connectivity index (χ2n) is 4.02. The second kappa shape index (κ2) is 4.38. The Kier molecular flexibility index (Phi) is 3.39. The second-order valence-corrected chi connectivity index (χ2v) is 4.02. The van der Waals surface area contributed by atoms with E-state index in [1.807, 2.05) is 6.92 Å². The smallest absolute Gasteiger partial charge is 0.190 e. The first-order valence-corrected chi connectivity index (χ1v) is 4.98. The molecular weight excluding hydrogens is 192 g/mol. The lowest BCUT2D eigenvalue weighted by Crippen LogP contribution is -2.13. The van der Waals surface area contributed by atoms with Gasteiger partial charge in [0.25, 0.3) is 0 Å². The largest absolute Gasteiger partial charge is 0.299 e. The van der Waals surface area contributed by atoms with Crippen LogP contribution in [0.1, 0.15) is 36.5 Å². The number of hydrogen-bond acceptors (Lipinski definition) is 3. The fraction of sp³-hybridized carbons (Fsp3) is 0.545. The topological polar surface area (TPSA) is 52.0 Å². The summed E-state index contributed by atoms with van der Waals surface area (Å²) in [6.07, 6.45) is -0.0475. The molecule has 15 heavy (non-hydrogen) atoms. The van der Waals surface area contributed by atoms with Crippen molar-refractivity contribution in [1.82, 2.24) is 9.78 Å². The summed E-state index contributed by atoms with van der Waals surface area (Å²) >= 11 is 0. The van der Waals surface area contributed by atoms with Gasteiger partial charge in [0.1, 0.15) is 11.5 Å². The van der Waals surface area contributed by atoms with Crippen molar-refractivity contribution in [3.05, 3.63) is 17.5 Å². The zero-order chi connectivity index (χ0) is 11.6. The molecule has 0 aromatic carbocycles. The van der Waals surface area contributed by atoms with E-state index >= 15 is 0 Å². The summed E-state index contributed by atoms with van der Waals surface area (Å²) in [4.78, 5) is 23.0. The highest BCUT2D eigenvalue weighted by atomic mass is 16.1. The molecule has 4 heteroatoms. The summed E-state index contributed by atoms with van der Waals surface area (Å²) in [6, 6.07) is 1.70. The van der Waals surface area contributed by atoms with Gasteiger partial charge in [-0.1, -0.05) is 13.8 Å². The van der Waals surface area contributed by atoms with Gasteiger partial charge in [0.15, 0.2) is 5.78 Å². The molecule has 0 amide bonds. The Bertz CT molecular complexity index is 372. The molecule has 0 fully saturated rings. The van der Waals surface area contributed by atoms with Crippen LogP contribution < -0.4 is 0 Å². The van der Waals surface area contributed by atoms with Crippen molar-refractivity contribution in [1.29, 1.82) is 0 Å². The van der Waals surface area contributed by atoms with Gasteiger partial charge in [0.2, 0.25) is 0 Å². The van der Waals surface area contributed by atoms with Gasteiger partial charge in [-0.15, -0.1) is 0 Å². The van der Waals surface area contributed by atoms with Crippen LogP contribution in [0.2, 0.25) is 0 Å². The van der Waals surface area contributed by atoms with Gasteiger partial charge < -0.3 is 0 Å². The Morgan fingerprint density at radius 2 is 2.07 bits per heavy atom. The highest BCUT2D eigenvalue weighted by Crippen LogP contribution is 2.07. The maximum absolute atomic E-state index is 11.6. The predicted molar refractivity (Wildman–Crippen MR) is 56.7 cm³/mol. The number of aryl methyl sites for hydroxylation is 2. The summed E-state index contributed by atoms with van der Waals surface area (Å²) in [6.45, 7) is 5.45. The van der Waals surface area contributed by atoms with Crippen LogP contribution in [-0.4, -0.2) is 21.3 Å². The van der Waals surface area contributed by atoms with E-state index in [0.717, 1.165) is 5.69 Å². The number of Topliss-reactive ketones (excluding diaryl/α,β-unsaturated/α-hetero) is 2. The van der Waals surface area contributed by atoms with E-state index in [0.29, 0.717) is 5.69 Å². The molecule has 1 rings (SSSR count). The molecule has 4 nitrogen and oxygen atoms in total. The van der Waals surface area contributed by atoms with Crippen molar-refractivity contribution in [2.24, 2.45) is 13.0 Å². The average molecular weight is 208 g/mol. The van der Waals surface area contributed by atoms with E-state index in [1.54, 1.807) is 31.6 Å². The predicted octanol–water partition coefficient (Wildman–Crippen LogP) is 1.53. The SMILES string of the molecule is Cc1cc(C(=O)CC(=O)C(C)C)nn1C. The van der Waals surface area contributed by atoms with Crippen LogP contribution in [0.3, 0.4) is 0 Å². The number of ketones is 2. The number of carbonyl (C=O) groups excluding carboxylic acids is 2. The lowest BCUT2D eigenvalue weighted by molar-refractivity contribution is -0.121. The van der Waals surface area contributed by atoms with Crippen molar-refractivity contribution < 1.29 is 9.59 Å². The van der Waals surface area contributed by atoms with E-state index < -0.39 is 0 Å². The number of carbonyl (C=O) groups is 2. The first-order chi connectivity index (χ1) is 6.91. The van der Waals surface area contributed by atoms with E-state index in [2.05, 4.69) is 5.10 Å². The normalized spacial score (nSPS) is 10.7. The molecule has 1 aromatic heterocycles. The van der Waals surface area contributed by atoms with Crippen LogP contribution >= 0.6 is 0 Å². The zero-order valence-electron chi connectivity index (χ0n) is 9.57. The molecule has 0 bridgehead atoms. The van der Waals surface area contributed by atoms with E-state index in [-0.39, 0.29) is 23.9 Å². The molecule has 0 unspecified atom stereocenters. The van der Waals surface area contributed by atoms with Crippen LogP contribution in [0.4, 0.5) is 0 Å². The van der Waals surface area contributed by atoms with Gasteiger partial charge in [0.05, 0.1) is 6.42 Å².